The van der Waals surface area contributed by atoms with Gasteiger partial charge in [-0.05, 0) is 90.6 Å². The van der Waals surface area contributed by atoms with E-state index in [0.717, 1.165) is 21.0 Å². The Hall–Kier alpha value is -3.56. The summed E-state index contributed by atoms with van der Waals surface area (Å²) in [6, 6.07) is 24.3. The summed E-state index contributed by atoms with van der Waals surface area (Å²) in [5.74, 6) is -0.789. The van der Waals surface area contributed by atoms with Gasteiger partial charge in [0, 0.05) is 34.6 Å². The predicted octanol–water partition coefficient (Wildman–Crippen LogP) is 7.87. The highest BCUT2D eigenvalue weighted by molar-refractivity contribution is 7.92. The summed E-state index contributed by atoms with van der Waals surface area (Å²) in [4.78, 5) is 29.9. The third kappa shape index (κ3) is 9.51. The summed E-state index contributed by atoms with van der Waals surface area (Å²) in [5.41, 5.74) is 3.51. The van der Waals surface area contributed by atoms with Crippen LogP contribution in [0.15, 0.2) is 95.9 Å². The molecule has 1 atom stereocenters. The van der Waals surface area contributed by atoms with E-state index in [1.54, 1.807) is 30.3 Å². The molecule has 0 aliphatic carbocycles. The van der Waals surface area contributed by atoms with E-state index in [1.807, 2.05) is 64.1 Å². The summed E-state index contributed by atoms with van der Waals surface area (Å²) in [6.07, 6.45) is 0.190. The molecule has 0 saturated carbocycles. The van der Waals surface area contributed by atoms with Gasteiger partial charge in [-0.25, -0.2) is 8.42 Å². The van der Waals surface area contributed by atoms with Crippen LogP contribution in [0.1, 0.15) is 36.1 Å². The van der Waals surface area contributed by atoms with E-state index in [-0.39, 0.29) is 29.7 Å². The Bertz CT molecular complexity index is 1820. The Labute approximate surface area is 292 Å². The van der Waals surface area contributed by atoms with Crippen LogP contribution in [0.2, 0.25) is 15.1 Å². The van der Waals surface area contributed by atoms with Gasteiger partial charge in [0.1, 0.15) is 12.6 Å². The van der Waals surface area contributed by atoms with E-state index in [2.05, 4.69) is 5.32 Å². The Morgan fingerprint density at radius 1 is 0.809 bits per heavy atom. The molecule has 4 aromatic carbocycles. The summed E-state index contributed by atoms with van der Waals surface area (Å²) in [6.45, 7) is 7.50. The van der Waals surface area contributed by atoms with Crippen LogP contribution in [0.3, 0.4) is 0 Å². The molecular weight excluding hydrogens is 677 g/mol. The van der Waals surface area contributed by atoms with Gasteiger partial charge in [0.25, 0.3) is 10.0 Å². The van der Waals surface area contributed by atoms with Gasteiger partial charge in [-0.1, -0.05) is 91.1 Å². The van der Waals surface area contributed by atoms with Crippen molar-refractivity contribution in [2.24, 2.45) is 5.92 Å². The fraction of sp³-hybridized carbons (Fsp3) is 0.278. The number of aryl methyl sites for hydroxylation is 2. The number of hydrogen-bond acceptors (Lipinski definition) is 4. The summed E-state index contributed by atoms with van der Waals surface area (Å²) in [5, 5.41) is 4.09. The molecule has 4 rings (SSSR count). The fourth-order valence-corrected chi connectivity index (χ4v) is 6.95. The standard InChI is InChI=1S/C36H38Cl3N3O4S/c1-24(2)21-40-36(44)34(19-27-8-6-5-7-9-27)41(22-28-11-12-30(38)20-33(28)39)35(43)23-42(31-15-10-25(3)26(4)18-31)47(45,46)32-16-13-29(37)14-17-32/h5-18,20,24,34H,19,21-23H2,1-4H3,(H,40,44). The molecule has 1 N–H and O–H groups in total. The van der Waals surface area contributed by atoms with Crippen molar-refractivity contribution in [3.63, 3.8) is 0 Å². The smallest absolute Gasteiger partial charge is 0.264 e. The third-order valence-corrected chi connectivity index (χ3v) is 10.4. The van der Waals surface area contributed by atoms with Crippen molar-refractivity contribution in [1.29, 1.82) is 0 Å². The highest BCUT2D eigenvalue weighted by Gasteiger charge is 2.35. The quantitative estimate of drug-likeness (QED) is 0.153. The zero-order chi connectivity index (χ0) is 34.3. The molecule has 0 radical (unpaired) electrons. The molecule has 0 heterocycles. The molecule has 2 amide bonds. The van der Waals surface area contributed by atoms with Crippen molar-refractivity contribution in [2.45, 2.75) is 51.6 Å². The van der Waals surface area contributed by atoms with Crippen LogP contribution in [0, 0.1) is 19.8 Å². The van der Waals surface area contributed by atoms with Gasteiger partial charge in [0.2, 0.25) is 11.8 Å². The van der Waals surface area contributed by atoms with Crippen LogP contribution in [0.5, 0.6) is 0 Å². The van der Waals surface area contributed by atoms with Gasteiger partial charge in [-0.3, -0.25) is 13.9 Å². The van der Waals surface area contributed by atoms with E-state index < -0.39 is 28.5 Å². The predicted molar refractivity (Wildman–Crippen MR) is 191 cm³/mol. The first-order valence-electron chi connectivity index (χ1n) is 15.2. The highest BCUT2D eigenvalue weighted by atomic mass is 35.5. The van der Waals surface area contributed by atoms with Crippen LogP contribution in [-0.4, -0.2) is 44.3 Å². The second-order valence-corrected chi connectivity index (χ2v) is 15.0. The van der Waals surface area contributed by atoms with E-state index in [1.165, 1.54) is 29.2 Å². The van der Waals surface area contributed by atoms with E-state index >= 15 is 0 Å². The maximum Gasteiger partial charge on any atom is 0.264 e. The van der Waals surface area contributed by atoms with E-state index in [0.29, 0.717) is 32.9 Å². The lowest BCUT2D eigenvalue weighted by atomic mass is 10.0. The highest BCUT2D eigenvalue weighted by Crippen LogP contribution is 2.29. The Kier molecular flexibility index (Phi) is 12.4. The van der Waals surface area contributed by atoms with Crippen molar-refractivity contribution in [2.75, 3.05) is 17.4 Å². The van der Waals surface area contributed by atoms with Crippen molar-refractivity contribution >= 4 is 62.3 Å². The molecule has 7 nitrogen and oxygen atoms in total. The number of amides is 2. The number of anilines is 1. The van der Waals surface area contributed by atoms with Crippen molar-refractivity contribution < 1.29 is 18.0 Å². The second kappa shape index (κ2) is 16.0. The zero-order valence-electron chi connectivity index (χ0n) is 26.7. The lowest BCUT2D eigenvalue weighted by molar-refractivity contribution is -0.140. The van der Waals surface area contributed by atoms with Gasteiger partial charge < -0.3 is 10.2 Å². The van der Waals surface area contributed by atoms with Gasteiger partial charge in [-0.15, -0.1) is 0 Å². The Balaban J connectivity index is 1.84. The normalized spacial score (nSPS) is 12.1. The molecule has 0 aliphatic rings. The lowest BCUT2D eigenvalue weighted by Crippen LogP contribution is -2.53. The number of sulfonamides is 1. The number of rotatable bonds is 13. The number of benzene rings is 4. The van der Waals surface area contributed by atoms with Crippen LogP contribution in [0.25, 0.3) is 0 Å². The summed E-state index contributed by atoms with van der Waals surface area (Å²) in [7, 11) is -4.26. The van der Waals surface area contributed by atoms with E-state index in [9.17, 15) is 18.0 Å². The first-order valence-corrected chi connectivity index (χ1v) is 17.7. The molecule has 47 heavy (non-hydrogen) atoms. The number of halogens is 3. The van der Waals surface area contributed by atoms with Crippen molar-refractivity contribution in [3.05, 3.63) is 128 Å². The number of hydrogen-bond donors (Lipinski definition) is 1. The first-order chi connectivity index (χ1) is 22.3. The second-order valence-electron chi connectivity index (χ2n) is 11.8. The molecule has 0 saturated heterocycles. The Morgan fingerprint density at radius 3 is 2.09 bits per heavy atom. The van der Waals surface area contributed by atoms with Gasteiger partial charge in [-0.2, -0.15) is 0 Å². The SMILES string of the molecule is Cc1ccc(N(CC(=O)N(Cc2ccc(Cl)cc2Cl)C(Cc2ccccc2)C(=O)NCC(C)C)S(=O)(=O)c2ccc(Cl)cc2)cc1C. The Morgan fingerprint density at radius 2 is 1.47 bits per heavy atom. The zero-order valence-corrected chi connectivity index (χ0v) is 29.8. The van der Waals surface area contributed by atoms with E-state index in [4.69, 9.17) is 34.8 Å². The molecule has 4 aromatic rings. The molecule has 0 aromatic heterocycles. The fourth-order valence-electron chi connectivity index (χ4n) is 4.95. The first kappa shape index (κ1) is 36.3. The minimum absolute atomic E-state index is 0.0317. The maximum absolute atomic E-state index is 14.6. The average molecular weight is 715 g/mol. The minimum atomic E-state index is -4.26. The van der Waals surface area contributed by atoms with Crippen LogP contribution in [0.4, 0.5) is 5.69 Å². The molecule has 1 unspecified atom stereocenters. The van der Waals surface area contributed by atoms with Crippen LogP contribution >= 0.6 is 34.8 Å². The number of nitrogens with one attached hydrogen (secondary N) is 1. The third-order valence-electron chi connectivity index (χ3n) is 7.77. The summed E-state index contributed by atoms with van der Waals surface area (Å²) < 4.78 is 29.5. The number of nitrogens with zero attached hydrogens (tertiary/aromatic N) is 2. The van der Waals surface area contributed by atoms with Gasteiger partial charge in [0.05, 0.1) is 10.6 Å². The van der Waals surface area contributed by atoms with Gasteiger partial charge in [0.15, 0.2) is 0 Å². The molecule has 248 valence electrons. The van der Waals surface area contributed by atoms with Gasteiger partial charge >= 0.3 is 0 Å². The minimum Gasteiger partial charge on any atom is -0.354 e. The number of carbonyl (C=O) groups excluding carboxylic acids is 2. The molecule has 0 bridgehead atoms. The monoisotopic (exact) mass is 713 g/mol. The maximum atomic E-state index is 14.6. The van der Waals surface area contributed by atoms with Crippen molar-refractivity contribution in [1.82, 2.24) is 10.2 Å². The lowest BCUT2D eigenvalue weighted by Gasteiger charge is -2.34. The van der Waals surface area contributed by atoms with Crippen molar-refractivity contribution in [3.8, 4) is 0 Å². The summed E-state index contributed by atoms with van der Waals surface area (Å²) >= 11 is 18.8. The average Bonchev–Trinajstić information content (AvgIpc) is 3.03. The molecule has 0 spiro atoms. The topological polar surface area (TPSA) is 86.8 Å². The van der Waals surface area contributed by atoms with Crippen LogP contribution in [-0.2, 0) is 32.6 Å². The number of carbonyl (C=O) groups is 2. The molecular formula is C36H38Cl3N3O4S. The molecule has 11 heteroatoms. The van der Waals surface area contributed by atoms with Crippen LogP contribution < -0.4 is 9.62 Å². The molecule has 0 aliphatic heterocycles. The largest absolute Gasteiger partial charge is 0.354 e. The molecule has 0 fully saturated rings.